The predicted molar refractivity (Wildman–Crippen MR) is 50.2 cm³/mol. The molecule has 88 valence electrons. The topological polar surface area (TPSA) is 40.2 Å². The molecule has 1 rings (SSSR count). The Bertz CT molecular complexity index is 353. The van der Waals surface area contributed by atoms with Crippen LogP contribution < -0.4 is 0 Å². The lowest BCUT2D eigenvalue weighted by atomic mass is 10.1. The van der Waals surface area contributed by atoms with Crippen molar-refractivity contribution in [3.63, 3.8) is 0 Å². The van der Waals surface area contributed by atoms with Crippen molar-refractivity contribution < 1.29 is 17.6 Å². The van der Waals surface area contributed by atoms with Gasteiger partial charge in [-0.3, -0.25) is 0 Å². The zero-order valence-corrected chi connectivity index (χ0v) is 8.66. The third-order valence-corrected chi connectivity index (χ3v) is 2.08. The van der Waals surface area contributed by atoms with Crippen LogP contribution in [0.15, 0.2) is 23.0 Å². The van der Waals surface area contributed by atoms with E-state index in [0.29, 0.717) is 6.54 Å². The molecule has 0 fully saturated rings. The molecule has 1 aromatic heterocycles. The van der Waals surface area contributed by atoms with Gasteiger partial charge in [-0.15, -0.1) is 0 Å². The van der Waals surface area contributed by atoms with E-state index in [-0.39, 0.29) is 6.54 Å². The van der Waals surface area contributed by atoms with Crippen LogP contribution in [0.5, 0.6) is 0 Å². The van der Waals surface area contributed by atoms with E-state index in [0.717, 1.165) is 5.56 Å². The summed E-state index contributed by atoms with van der Waals surface area (Å²) >= 11 is 0. The Labute approximate surface area is 91.1 Å². The fourth-order valence-electron chi connectivity index (χ4n) is 1.29. The van der Waals surface area contributed by atoms with Gasteiger partial charge in [0, 0.05) is 18.7 Å². The summed E-state index contributed by atoms with van der Waals surface area (Å²) in [6, 6.07) is 2.93. The van der Waals surface area contributed by atoms with Crippen molar-refractivity contribution in [3.05, 3.63) is 24.2 Å². The zero-order valence-electron chi connectivity index (χ0n) is 8.66. The van der Waals surface area contributed by atoms with Gasteiger partial charge in [-0.25, -0.2) is 0 Å². The number of furan rings is 1. The van der Waals surface area contributed by atoms with E-state index in [1.54, 1.807) is 6.07 Å². The van der Waals surface area contributed by atoms with Crippen LogP contribution in [0.4, 0.5) is 13.2 Å². The number of hydrogen-bond donors (Lipinski definition) is 0. The first-order valence-electron chi connectivity index (χ1n) is 4.59. The molecule has 0 amide bonds. The highest BCUT2D eigenvalue weighted by Crippen LogP contribution is 2.26. The quantitative estimate of drug-likeness (QED) is 0.800. The van der Waals surface area contributed by atoms with Gasteiger partial charge in [0.2, 0.25) is 0 Å². The minimum atomic E-state index is -4.47. The molecule has 16 heavy (non-hydrogen) atoms. The fourth-order valence-corrected chi connectivity index (χ4v) is 1.29. The molecule has 0 aliphatic carbocycles. The summed E-state index contributed by atoms with van der Waals surface area (Å²) in [4.78, 5) is 1.44. The van der Waals surface area contributed by atoms with Crippen LogP contribution in [0.1, 0.15) is 5.56 Å². The van der Waals surface area contributed by atoms with E-state index < -0.39 is 12.1 Å². The molecule has 0 aliphatic heterocycles. The van der Waals surface area contributed by atoms with Crippen molar-refractivity contribution in [2.45, 2.75) is 12.7 Å². The largest absolute Gasteiger partial charge is 0.472 e. The van der Waals surface area contributed by atoms with Crippen LogP contribution in [0.2, 0.25) is 0 Å². The van der Waals surface area contributed by atoms with Crippen LogP contribution in [0.3, 0.4) is 0 Å². The third kappa shape index (κ3) is 3.59. The first kappa shape index (κ1) is 12.6. The molecule has 0 spiro atoms. The average Bonchev–Trinajstić information content (AvgIpc) is 2.64. The van der Waals surface area contributed by atoms with Gasteiger partial charge in [0.05, 0.1) is 18.6 Å². The van der Waals surface area contributed by atoms with Gasteiger partial charge >= 0.3 is 6.18 Å². The van der Waals surface area contributed by atoms with Crippen LogP contribution >= 0.6 is 0 Å². The van der Waals surface area contributed by atoms with E-state index in [2.05, 4.69) is 0 Å². The molecule has 0 radical (unpaired) electrons. The number of rotatable bonds is 4. The molecule has 1 unspecified atom stereocenters. The van der Waals surface area contributed by atoms with Crippen molar-refractivity contribution >= 4 is 0 Å². The van der Waals surface area contributed by atoms with Crippen LogP contribution in [0, 0.1) is 17.2 Å². The molecule has 0 aliphatic rings. The number of hydrogen-bond acceptors (Lipinski definition) is 3. The summed E-state index contributed by atoms with van der Waals surface area (Å²) in [5, 5.41) is 8.42. The SMILES string of the molecule is CN(Cc1ccoc1)CC(C#N)C(F)(F)F. The molecule has 1 atom stereocenters. The molecule has 0 saturated carbocycles. The lowest BCUT2D eigenvalue weighted by Crippen LogP contribution is -2.33. The van der Waals surface area contributed by atoms with Gasteiger partial charge in [-0.05, 0) is 13.1 Å². The van der Waals surface area contributed by atoms with Crippen molar-refractivity contribution in [2.75, 3.05) is 13.6 Å². The molecular weight excluding hydrogens is 221 g/mol. The van der Waals surface area contributed by atoms with E-state index in [9.17, 15) is 13.2 Å². The Kier molecular flexibility index (Phi) is 3.96. The fraction of sp³-hybridized carbons (Fsp3) is 0.500. The third-order valence-electron chi connectivity index (χ3n) is 2.08. The molecule has 0 saturated heterocycles. The van der Waals surface area contributed by atoms with Crippen molar-refractivity contribution in [3.8, 4) is 6.07 Å². The normalized spacial score (nSPS) is 13.8. The highest BCUT2D eigenvalue weighted by molar-refractivity contribution is 5.05. The predicted octanol–water partition coefficient (Wildman–Crippen LogP) is 2.41. The second kappa shape index (κ2) is 5.03. The number of nitrogens with zero attached hydrogens (tertiary/aromatic N) is 2. The van der Waals surface area contributed by atoms with Crippen molar-refractivity contribution in [1.82, 2.24) is 4.90 Å². The summed E-state index contributed by atoms with van der Waals surface area (Å²) in [5.41, 5.74) is 0.779. The van der Waals surface area contributed by atoms with E-state index >= 15 is 0 Å². The molecule has 1 aromatic rings. The highest BCUT2D eigenvalue weighted by Gasteiger charge is 2.40. The van der Waals surface area contributed by atoms with Gasteiger partial charge in [0.15, 0.2) is 5.92 Å². The molecule has 0 aromatic carbocycles. The molecule has 1 heterocycles. The minimum Gasteiger partial charge on any atom is -0.472 e. The van der Waals surface area contributed by atoms with Gasteiger partial charge in [0.1, 0.15) is 0 Å². The standard InChI is InChI=1S/C10H11F3N2O/c1-15(5-8-2-3-16-7-8)6-9(4-14)10(11,12)13/h2-3,7,9H,5-6H2,1H3. The minimum absolute atomic E-state index is 0.324. The van der Waals surface area contributed by atoms with Gasteiger partial charge in [-0.1, -0.05) is 0 Å². The van der Waals surface area contributed by atoms with Crippen LogP contribution in [-0.4, -0.2) is 24.7 Å². The summed E-state index contributed by atoms with van der Waals surface area (Å²) < 4.78 is 41.7. The van der Waals surface area contributed by atoms with E-state index in [1.165, 1.54) is 30.5 Å². The maximum absolute atomic E-state index is 12.3. The summed E-state index contributed by atoms with van der Waals surface area (Å²) in [6.07, 6.45) is -1.56. The molecule has 0 N–H and O–H groups in total. The Morgan fingerprint density at radius 2 is 2.25 bits per heavy atom. The Morgan fingerprint density at radius 1 is 1.56 bits per heavy atom. The lowest BCUT2D eigenvalue weighted by molar-refractivity contribution is -0.162. The monoisotopic (exact) mass is 232 g/mol. The summed E-state index contributed by atoms with van der Waals surface area (Å²) in [5.74, 6) is -1.95. The maximum atomic E-state index is 12.3. The Balaban J connectivity index is 2.51. The van der Waals surface area contributed by atoms with Gasteiger partial charge in [-0.2, -0.15) is 18.4 Å². The van der Waals surface area contributed by atoms with Gasteiger partial charge in [0.25, 0.3) is 0 Å². The van der Waals surface area contributed by atoms with E-state index in [4.69, 9.17) is 9.68 Å². The molecule has 6 heteroatoms. The first-order valence-corrected chi connectivity index (χ1v) is 4.59. The second-order valence-corrected chi connectivity index (χ2v) is 3.55. The number of alkyl halides is 3. The summed E-state index contributed by atoms with van der Waals surface area (Å²) in [7, 11) is 1.53. The highest BCUT2D eigenvalue weighted by atomic mass is 19.4. The van der Waals surface area contributed by atoms with Crippen LogP contribution in [0.25, 0.3) is 0 Å². The Morgan fingerprint density at radius 3 is 2.69 bits per heavy atom. The smallest absolute Gasteiger partial charge is 0.405 e. The first-order chi connectivity index (χ1) is 7.43. The zero-order chi connectivity index (χ0) is 12.2. The van der Waals surface area contributed by atoms with Crippen molar-refractivity contribution in [2.24, 2.45) is 5.92 Å². The van der Waals surface area contributed by atoms with Crippen LogP contribution in [-0.2, 0) is 6.54 Å². The summed E-state index contributed by atoms with van der Waals surface area (Å²) in [6.45, 7) is -0.0179. The molecule has 0 bridgehead atoms. The van der Waals surface area contributed by atoms with E-state index in [1.807, 2.05) is 0 Å². The maximum Gasteiger partial charge on any atom is 0.405 e. The lowest BCUT2D eigenvalue weighted by Gasteiger charge is -2.20. The number of nitriles is 1. The number of halogens is 3. The van der Waals surface area contributed by atoms with Gasteiger partial charge < -0.3 is 9.32 Å². The molecule has 3 nitrogen and oxygen atoms in total. The second-order valence-electron chi connectivity index (χ2n) is 3.55. The Hall–Kier alpha value is -1.48. The van der Waals surface area contributed by atoms with Crippen molar-refractivity contribution in [1.29, 1.82) is 5.26 Å². The molecular formula is C10H11F3N2O. The average molecular weight is 232 g/mol.